The lowest BCUT2D eigenvalue weighted by Crippen LogP contribution is -2.38. The molecule has 0 saturated heterocycles. The van der Waals surface area contributed by atoms with Crippen LogP contribution in [-0.4, -0.2) is 35.8 Å². The molecule has 1 amide bonds. The smallest absolute Gasteiger partial charge is 0.248 e. The van der Waals surface area contributed by atoms with Crippen LogP contribution in [0.5, 0.6) is 0 Å². The minimum Gasteiger partial charge on any atom is -0.366 e. The van der Waals surface area contributed by atoms with Crippen molar-refractivity contribution in [2.45, 2.75) is 20.0 Å². The number of nitrogens with two attached hydrogens (primary N) is 1. The van der Waals surface area contributed by atoms with E-state index in [1.165, 1.54) is 0 Å². The number of hydrogen-bond acceptors (Lipinski definition) is 4. The number of aromatic nitrogens is 1. The van der Waals surface area contributed by atoms with Crippen molar-refractivity contribution in [3.63, 3.8) is 0 Å². The molecule has 8 heteroatoms. The van der Waals surface area contributed by atoms with Gasteiger partial charge in [0.15, 0.2) is 5.96 Å². The fraction of sp³-hybridized carbons (Fsp3) is 0.312. The van der Waals surface area contributed by atoms with Gasteiger partial charge >= 0.3 is 0 Å². The SMILES string of the molecule is CN=C(NCc1ccc(C(N)=O)cc1)N(C)Cc1csc(C)n1.I. The second-order valence-corrected chi connectivity index (χ2v) is 6.24. The molecule has 0 unspecified atom stereocenters. The van der Waals surface area contributed by atoms with Gasteiger partial charge in [-0.25, -0.2) is 4.98 Å². The first-order chi connectivity index (χ1) is 11.0. The Morgan fingerprint density at radius 3 is 2.54 bits per heavy atom. The Bertz CT molecular complexity index is 699. The lowest BCUT2D eigenvalue weighted by Gasteiger charge is -2.21. The molecule has 1 heterocycles. The van der Waals surface area contributed by atoms with Crippen LogP contribution in [0.1, 0.15) is 26.6 Å². The Labute approximate surface area is 163 Å². The number of carbonyl (C=O) groups excluding carboxylic acids is 1. The van der Waals surface area contributed by atoms with Gasteiger partial charge in [0.1, 0.15) is 0 Å². The largest absolute Gasteiger partial charge is 0.366 e. The third kappa shape index (κ3) is 5.75. The van der Waals surface area contributed by atoms with Gasteiger partial charge in [0.25, 0.3) is 0 Å². The van der Waals surface area contributed by atoms with Crippen molar-refractivity contribution in [1.29, 1.82) is 0 Å². The van der Waals surface area contributed by atoms with Crippen molar-refractivity contribution < 1.29 is 4.79 Å². The van der Waals surface area contributed by atoms with E-state index in [0.29, 0.717) is 18.7 Å². The number of hydrogen-bond donors (Lipinski definition) is 2. The van der Waals surface area contributed by atoms with Crippen molar-refractivity contribution in [3.05, 3.63) is 51.5 Å². The fourth-order valence-electron chi connectivity index (χ4n) is 2.15. The molecule has 0 radical (unpaired) electrons. The minimum absolute atomic E-state index is 0. The van der Waals surface area contributed by atoms with Gasteiger partial charge < -0.3 is 16.0 Å². The van der Waals surface area contributed by atoms with Crippen LogP contribution in [0.4, 0.5) is 0 Å². The summed E-state index contributed by atoms with van der Waals surface area (Å²) in [4.78, 5) is 21.8. The number of nitrogens with zero attached hydrogens (tertiary/aromatic N) is 3. The molecule has 2 rings (SSSR count). The quantitative estimate of drug-likeness (QED) is 0.409. The summed E-state index contributed by atoms with van der Waals surface area (Å²) in [6.07, 6.45) is 0. The zero-order valence-corrected chi connectivity index (χ0v) is 17.1. The number of benzene rings is 1. The summed E-state index contributed by atoms with van der Waals surface area (Å²) in [5.41, 5.74) is 7.83. The van der Waals surface area contributed by atoms with Gasteiger partial charge in [0.2, 0.25) is 5.91 Å². The van der Waals surface area contributed by atoms with Gasteiger partial charge in [-0.05, 0) is 24.6 Å². The highest BCUT2D eigenvalue weighted by Crippen LogP contribution is 2.10. The molecule has 0 atom stereocenters. The first-order valence-corrected chi connectivity index (χ1v) is 8.09. The number of rotatable bonds is 5. The van der Waals surface area contributed by atoms with E-state index < -0.39 is 5.91 Å². The van der Waals surface area contributed by atoms with E-state index in [-0.39, 0.29) is 24.0 Å². The summed E-state index contributed by atoms with van der Waals surface area (Å²) in [6, 6.07) is 7.21. The van der Waals surface area contributed by atoms with E-state index in [4.69, 9.17) is 5.73 Å². The highest BCUT2D eigenvalue weighted by molar-refractivity contribution is 14.0. The predicted molar refractivity (Wildman–Crippen MR) is 109 cm³/mol. The summed E-state index contributed by atoms with van der Waals surface area (Å²) >= 11 is 1.64. The van der Waals surface area contributed by atoms with E-state index in [1.54, 1.807) is 30.5 Å². The topological polar surface area (TPSA) is 83.6 Å². The number of guanidine groups is 1. The van der Waals surface area contributed by atoms with Crippen LogP contribution < -0.4 is 11.1 Å². The Hall–Kier alpha value is -1.68. The standard InChI is InChI=1S/C16H21N5OS.HI/c1-11-20-14(10-23-11)9-21(3)16(18-2)19-8-12-4-6-13(7-5-12)15(17)22;/h4-7,10H,8-9H2,1-3H3,(H2,17,22)(H,18,19);1H. The number of nitrogens with one attached hydrogen (secondary N) is 1. The highest BCUT2D eigenvalue weighted by Gasteiger charge is 2.08. The molecule has 2 aromatic rings. The molecule has 1 aromatic heterocycles. The van der Waals surface area contributed by atoms with Gasteiger partial charge in [-0.15, -0.1) is 35.3 Å². The molecule has 1 aromatic carbocycles. The molecule has 0 fully saturated rings. The van der Waals surface area contributed by atoms with E-state index in [0.717, 1.165) is 22.2 Å². The fourth-order valence-corrected chi connectivity index (χ4v) is 2.76. The second kappa shape index (κ2) is 9.58. The summed E-state index contributed by atoms with van der Waals surface area (Å²) in [6.45, 7) is 3.31. The number of halogens is 1. The third-order valence-corrected chi connectivity index (χ3v) is 4.15. The van der Waals surface area contributed by atoms with Crippen molar-refractivity contribution in [3.8, 4) is 0 Å². The van der Waals surface area contributed by atoms with Gasteiger partial charge in [0, 0.05) is 31.6 Å². The normalized spacial score (nSPS) is 10.9. The van der Waals surface area contributed by atoms with Crippen LogP contribution >= 0.6 is 35.3 Å². The van der Waals surface area contributed by atoms with Crippen molar-refractivity contribution in [1.82, 2.24) is 15.2 Å². The van der Waals surface area contributed by atoms with Crippen molar-refractivity contribution in [2.75, 3.05) is 14.1 Å². The molecular formula is C16H22IN5OS. The molecular weight excluding hydrogens is 437 g/mol. The van der Waals surface area contributed by atoms with Crippen LogP contribution in [0.3, 0.4) is 0 Å². The maximum Gasteiger partial charge on any atom is 0.248 e. The van der Waals surface area contributed by atoms with Crippen LogP contribution in [0.15, 0.2) is 34.6 Å². The Morgan fingerprint density at radius 1 is 1.38 bits per heavy atom. The second-order valence-electron chi connectivity index (χ2n) is 5.18. The third-order valence-electron chi connectivity index (χ3n) is 3.33. The minimum atomic E-state index is -0.418. The molecule has 130 valence electrons. The average molecular weight is 459 g/mol. The van der Waals surface area contributed by atoms with Gasteiger partial charge in [-0.2, -0.15) is 0 Å². The van der Waals surface area contributed by atoms with E-state index in [1.807, 2.05) is 31.0 Å². The molecule has 0 aliphatic rings. The zero-order valence-electron chi connectivity index (χ0n) is 13.9. The van der Waals surface area contributed by atoms with E-state index in [2.05, 4.69) is 20.7 Å². The molecule has 0 aliphatic heterocycles. The number of aryl methyl sites for hydroxylation is 1. The maximum atomic E-state index is 11.1. The number of thiazole rings is 1. The van der Waals surface area contributed by atoms with Gasteiger partial charge in [-0.3, -0.25) is 9.79 Å². The van der Waals surface area contributed by atoms with Crippen LogP contribution in [0, 0.1) is 6.92 Å². The zero-order chi connectivity index (χ0) is 16.8. The molecule has 6 nitrogen and oxygen atoms in total. The van der Waals surface area contributed by atoms with Crippen LogP contribution in [0.25, 0.3) is 0 Å². The Kier molecular flexibility index (Phi) is 8.13. The molecule has 0 aliphatic carbocycles. The molecule has 3 N–H and O–H groups in total. The monoisotopic (exact) mass is 459 g/mol. The van der Waals surface area contributed by atoms with E-state index in [9.17, 15) is 4.79 Å². The number of aliphatic imine (C=N–C) groups is 1. The number of primary amides is 1. The molecule has 0 spiro atoms. The Morgan fingerprint density at radius 2 is 2.04 bits per heavy atom. The molecule has 0 saturated carbocycles. The summed E-state index contributed by atoms with van der Waals surface area (Å²) in [7, 11) is 3.72. The lowest BCUT2D eigenvalue weighted by atomic mass is 10.1. The lowest BCUT2D eigenvalue weighted by molar-refractivity contribution is 0.100. The first-order valence-electron chi connectivity index (χ1n) is 7.21. The highest BCUT2D eigenvalue weighted by atomic mass is 127. The van der Waals surface area contributed by atoms with Gasteiger partial charge in [-0.1, -0.05) is 12.1 Å². The first kappa shape index (κ1) is 20.4. The summed E-state index contributed by atoms with van der Waals surface area (Å²) < 4.78 is 0. The van der Waals surface area contributed by atoms with E-state index >= 15 is 0 Å². The van der Waals surface area contributed by atoms with Crippen molar-refractivity contribution in [2.24, 2.45) is 10.7 Å². The summed E-state index contributed by atoms with van der Waals surface area (Å²) in [5, 5.41) is 6.41. The average Bonchev–Trinajstić information content (AvgIpc) is 2.93. The summed E-state index contributed by atoms with van der Waals surface area (Å²) in [5.74, 6) is 0.369. The number of amides is 1. The predicted octanol–water partition coefficient (Wildman–Crippen LogP) is 2.38. The molecule has 0 bridgehead atoms. The maximum absolute atomic E-state index is 11.1. The van der Waals surface area contributed by atoms with Crippen LogP contribution in [-0.2, 0) is 13.1 Å². The van der Waals surface area contributed by atoms with Gasteiger partial charge in [0.05, 0.1) is 17.2 Å². The Balaban J connectivity index is 0.00000288. The molecule has 24 heavy (non-hydrogen) atoms. The van der Waals surface area contributed by atoms with Crippen LogP contribution in [0.2, 0.25) is 0 Å². The number of carbonyl (C=O) groups is 1. The van der Waals surface area contributed by atoms with Crippen molar-refractivity contribution >= 4 is 47.2 Å².